The zero-order valence-electron chi connectivity index (χ0n) is 13.6. The van der Waals surface area contributed by atoms with Crippen molar-refractivity contribution < 1.29 is 19.4 Å². The summed E-state index contributed by atoms with van der Waals surface area (Å²) < 4.78 is 5.65. The first kappa shape index (κ1) is 16.8. The maximum atomic E-state index is 12.3. The van der Waals surface area contributed by atoms with E-state index < -0.39 is 5.97 Å². The molecule has 1 aliphatic heterocycles. The molecule has 3 rings (SSSR count). The summed E-state index contributed by atoms with van der Waals surface area (Å²) in [5.74, 6) is -0.115. The lowest BCUT2D eigenvalue weighted by Gasteiger charge is -2.30. The number of pyridine rings is 1. The van der Waals surface area contributed by atoms with E-state index in [9.17, 15) is 9.59 Å². The minimum absolute atomic E-state index is 0.249. The number of likely N-dealkylation sites (tertiary alicyclic amines) is 1. The van der Waals surface area contributed by atoms with Crippen molar-refractivity contribution in [3.8, 4) is 11.6 Å². The number of ether oxygens (including phenoxy) is 1. The smallest absolute Gasteiger partial charge is 0.321 e. The highest BCUT2D eigenvalue weighted by atomic mass is 16.5. The van der Waals surface area contributed by atoms with Gasteiger partial charge in [0.1, 0.15) is 5.75 Å². The summed E-state index contributed by atoms with van der Waals surface area (Å²) in [5, 5.41) is 11.8. The molecule has 0 spiro atoms. The van der Waals surface area contributed by atoms with Gasteiger partial charge in [0.25, 0.3) is 0 Å². The molecule has 0 saturated carbocycles. The van der Waals surface area contributed by atoms with Gasteiger partial charge >= 0.3 is 12.0 Å². The Labute approximate surface area is 145 Å². The third-order valence-corrected chi connectivity index (χ3v) is 4.08. The normalized spacial score (nSPS) is 14.8. The van der Waals surface area contributed by atoms with Gasteiger partial charge in [0.2, 0.25) is 5.88 Å². The lowest BCUT2D eigenvalue weighted by molar-refractivity contribution is -0.143. The molecule has 25 heavy (non-hydrogen) atoms. The first-order valence-corrected chi connectivity index (χ1v) is 8.09. The number of para-hydroxylation sites is 1. The zero-order valence-corrected chi connectivity index (χ0v) is 13.6. The largest absolute Gasteiger partial charge is 0.481 e. The lowest BCUT2D eigenvalue weighted by atomic mass is 9.97. The van der Waals surface area contributed by atoms with Crippen LogP contribution in [0.4, 0.5) is 10.5 Å². The van der Waals surface area contributed by atoms with Crippen LogP contribution in [0, 0.1) is 5.92 Å². The van der Waals surface area contributed by atoms with E-state index in [4.69, 9.17) is 9.84 Å². The van der Waals surface area contributed by atoms with Crippen molar-refractivity contribution in [1.82, 2.24) is 9.88 Å². The van der Waals surface area contributed by atoms with Crippen molar-refractivity contribution in [2.24, 2.45) is 5.92 Å². The van der Waals surface area contributed by atoms with Gasteiger partial charge in [0.05, 0.1) is 5.92 Å². The summed E-state index contributed by atoms with van der Waals surface area (Å²) in [6.07, 6.45) is 2.51. The molecule has 2 aromatic rings. The average Bonchev–Trinajstić information content (AvgIpc) is 2.63. The molecule has 1 aliphatic rings. The Hall–Kier alpha value is -3.09. The van der Waals surface area contributed by atoms with Gasteiger partial charge in [-0.15, -0.1) is 0 Å². The van der Waals surface area contributed by atoms with Crippen LogP contribution >= 0.6 is 0 Å². The topological polar surface area (TPSA) is 91.8 Å². The highest BCUT2D eigenvalue weighted by Crippen LogP contribution is 2.22. The van der Waals surface area contributed by atoms with Crippen molar-refractivity contribution in [1.29, 1.82) is 0 Å². The Balaban J connectivity index is 1.58. The number of carboxylic acids is 1. The van der Waals surface area contributed by atoms with Crippen molar-refractivity contribution in [2.45, 2.75) is 12.8 Å². The number of urea groups is 1. The molecule has 1 saturated heterocycles. The van der Waals surface area contributed by atoms with Gasteiger partial charge in [-0.1, -0.05) is 18.2 Å². The molecule has 2 heterocycles. The molecule has 0 unspecified atom stereocenters. The fraction of sp³-hybridized carbons (Fsp3) is 0.278. The lowest BCUT2D eigenvalue weighted by Crippen LogP contribution is -2.42. The number of carbonyl (C=O) groups is 2. The number of carboxylic acid groups (broad SMARTS) is 1. The monoisotopic (exact) mass is 341 g/mol. The fourth-order valence-electron chi connectivity index (χ4n) is 2.68. The number of carbonyl (C=O) groups excluding carboxylic acids is 1. The number of benzene rings is 1. The Kier molecular flexibility index (Phi) is 5.13. The maximum absolute atomic E-state index is 12.3. The highest BCUT2D eigenvalue weighted by molar-refractivity contribution is 5.89. The number of hydrogen-bond acceptors (Lipinski definition) is 4. The zero-order chi connectivity index (χ0) is 17.6. The van der Waals surface area contributed by atoms with Crippen molar-refractivity contribution >= 4 is 17.7 Å². The second-order valence-electron chi connectivity index (χ2n) is 5.83. The molecule has 2 N–H and O–H groups in total. The summed E-state index contributed by atoms with van der Waals surface area (Å²) in [6, 6.07) is 12.3. The van der Waals surface area contributed by atoms with E-state index in [2.05, 4.69) is 10.3 Å². The number of amides is 2. The molecule has 2 amide bonds. The summed E-state index contributed by atoms with van der Waals surface area (Å²) in [7, 11) is 0. The summed E-state index contributed by atoms with van der Waals surface area (Å²) in [4.78, 5) is 29.0. The Morgan fingerprint density at radius 3 is 2.56 bits per heavy atom. The van der Waals surface area contributed by atoms with Crippen LogP contribution in [0.25, 0.3) is 0 Å². The third-order valence-electron chi connectivity index (χ3n) is 4.08. The Morgan fingerprint density at radius 2 is 1.88 bits per heavy atom. The van der Waals surface area contributed by atoms with Gasteiger partial charge in [-0.2, -0.15) is 0 Å². The van der Waals surface area contributed by atoms with Crippen LogP contribution in [0.2, 0.25) is 0 Å². The molecule has 1 fully saturated rings. The molecule has 0 atom stereocenters. The van der Waals surface area contributed by atoms with Gasteiger partial charge in [0, 0.05) is 31.0 Å². The van der Waals surface area contributed by atoms with E-state index >= 15 is 0 Å². The SMILES string of the molecule is O=C(O)C1CCN(C(=O)Nc2ccnc(Oc3ccccc3)c2)CC1. The molecule has 0 aliphatic carbocycles. The van der Waals surface area contributed by atoms with Gasteiger partial charge in [-0.25, -0.2) is 9.78 Å². The summed E-state index contributed by atoms with van der Waals surface area (Å²) >= 11 is 0. The van der Waals surface area contributed by atoms with E-state index in [1.165, 1.54) is 0 Å². The number of anilines is 1. The number of nitrogens with one attached hydrogen (secondary N) is 1. The van der Waals surface area contributed by atoms with Crippen molar-refractivity contribution in [3.05, 3.63) is 48.7 Å². The van der Waals surface area contributed by atoms with E-state index in [0.29, 0.717) is 43.2 Å². The van der Waals surface area contributed by atoms with E-state index in [0.717, 1.165) is 0 Å². The number of rotatable bonds is 4. The third kappa shape index (κ3) is 4.47. The summed E-state index contributed by atoms with van der Waals surface area (Å²) in [6.45, 7) is 0.864. The molecular weight excluding hydrogens is 322 g/mol. The molecule has 130 valence electrons. The second-order valence-corrected chi connectivity index (χ2v) is 5.83. The summed E-state index contributed by atoms with van der Waals surface area (Å²) in [5.41, 5.74) is 0.575. The minimum Gasteiger partial charge on any atom is -0.481 e. The molecule has 0 radical (unpaired) electrons. The van der Waals surface area contributed by atoms with Crippen molar-refractivity contribution in [3.63, 3.8) is 0 Å². The molecule has 0 bridgehead atoms. The highest BCUT2D eigenvalue weighted by Gasteiger charge is 2.27. The first-order valence-electron chi connectivity index (χ1n) is 8.09. The minimum atomic E-state index is -0.795. The quantitative estimate of drug-likeness (QED) is 0.891. The number of hydrogen-bond donors (Lipinski definition) is 2. The van der Waals surface area contributed by atoms with E-state index in [1.807, 2.05) is 30.3 Å². The number of aliphatic carboxylic acids is 1. The first-order chi connectivity index (χ1) is 12.1. The van der Waals surface area contributed by atoms with Crippen LogP contribution in [-0.4, -0.2) is 40.1 Å². The van der Waals surface area contributed by atoms with Crippen LogP contribution in [0.5, 0.6) is 11.6 Å². The number of nitrogens with zero attached hydrogens (tertiary/aromatic N) is 2. The van der Waals surface area contributed by atoms with Crippen LogP contribution < -0.4 is 10.1 Å². The molecule has 7 nitrogen and oxygen atoms in total. The Morgan fingerprint density at radius 1 is 1.16 bits per heavy atom. The van der Waals surface area contributed by atoms with Gasteiger partial charge in [0.15, 0.2) is 0 Å². The predicted molar refractivity (Wildman–Crippen MR) is 91.7 cm³/mol. The van der Waals surface area contributed by atoms with Crippen LogP contribution in [0.15, 0.2) is 48.7 Å². The van der Waals surface area contributed by atoms with E-state index in [1.54, 1.807) is 23.2 Å². The molecule has 7 heteroatoms. The predicted octanol–water partition coefficient (Wildman–Crippen LogP) is 3.20. The average molecular weight is 341 g/mol. The van der Waals surface area contributed by atoms with Gasteiger partial charge in [-0.3, -0.25) is 4.79 Å². The number of aromatic nitrogens is 1. The van der Waals surface area contributed by atoms with Crippen LogP contribution in [-0.2, 0) is 4.79 Å². The standard InChI is InChI=1S/C18H19N3O4/c22-17(23)13-7-10-21(11-8-13)18(24)20-14-6-9-19-16(12-14)25-15-4-2-1-3-5-15/h1-6,9,12-13H,7-8,10-11H2,(H,22,23)(H,19,20,24). The molecule has 1 aromatic heterocycles. The van der Waals surface area contributed by atoms with Gasteiger partial charge in [-0.05, 0) is 31.0 Å². The van der Waals surface area contributed by atoms with Crippen molar-refractivity contribution in [2.75, 3.05) is 18.4 Å². The maximum Gasteiger partial charge on any atom is 0.321 e. The number of piperidine rings is 1. The fourth-order valence-corrected chi connectivity index (χ4v) is 2.68. The molecule has 1 aromatic carbocycles. The van der Waals surface area contributed by atoms with E-state index in [-0.39, 0.29) is 11.9 Å². The van der Waals surface area contributed by atoms with Crippen LogP contribution in [0.3, 0.4) is 0 Å². The second kappa shape index (κ2) is 7.65. The molecular formula is C18H19N3O4. The Bertz CT molecular complexity index is 743. The van der Waals surface area contributed by atoms with Gasteiger partial charge < -0.3 is 20.1 Å². The van der Waals surface area contributed by atoms with Crippen LogP contribution in [0.1, 0.15) is 12.8 Å².